The fraction of sp³-hybridized carbons (Fsp3) is 0.364. The van der Waals surface area contributed by atoms with Crippen molar-refractivity contribution in [1.29, 1.82) is 0 Å². The zero-order valence-corrected chi connectivity index (χ0v) is 19.4. The van der Waals surface area contributed by atoms with E-state index in [4.69, 9.17) is 10.8 Å². The van der Waals surface area contributed by atoms with E-state index in [0.29, 0.717) is 0 Å². The maximum atomic E-state index is 14.2. The van der Waals surface area contributed by atoms with Gasteiger partial charge < -0.3 is 26.2 Å². The molecule has 2 unspecified atom stereocenters. The quantitative estimate of drug-likeness (QED) is 0.339. The van der Waals surface area contributed by atoms with Crippen molar-refractivity contribution in [2.75, 3.05) is 18.0 Å². The van der Waals surface area contributed by atoms with Gasteiger partial charge in [0, 0.05) is 6.54 Å². The molecule has 0 aromatic heterocycles. The lowest BCUT2D eigenvalue weighted by Crippen LogP contribution is -2.57. The molecular formula is C22H25F3N6O5. The minimum absolute atomic E-state index is 0.000186. The second kappa shape index (κ2) is 10.3. The zero-order chi connectivity index (χ0) is 26.8. The van der Waals surface area contributed by atoms with Crippen LogP contribution in [0.15, 0.2) is 47.8 Å². The number of benzene rings is 1. The Hall–Kier alpha value is -4.07. The standard InChI is InChI=1S/C22H25F3N6O5/c1-4-12-10-30(20(33)29-12)19-28-9-15(36-21(34)35)17(26)31(19)16-13(18(32)27-8-11(2)3)6-5-7-14(16)22(23,24)25/h4-7,9,11-12,17H,1,8,10,26H2,2-3H3,(H,27,32)(H,29,33)(H,34,35). The number of aliphatic imine (C=N–C) groups is 1. The van der Waals surface area contributed by atoms with Crippen LogP contribution in [0.2, 0.25) is 0 Å². The summed E-state index contributed by atoms with van der Waals surface area (Å²) >= 11 is 0. The average molecular weight is 510 g/mol. The molecular weight excluding hydrogens is 485 g/mol. The van der Waals surface area contributed by atoms with E-state index in [2.05, 4.69) is 26.9 Å². The molecule has 0 saturated carbocycles. The molecule has 11 nitrogen and oxygen atoms in total. The van der Waals surface area contributed by atoms with E-state index >= 15 is 0 Å². The minimum Gasteiger partial charge on any atom is -0.449 e. The number of rotatable bonds is 6. The Morgan fingerprint density at radius 1 is 1.42 bits per heavy atom. The van der Waals surface area contributed by atoms with Crippen LogP contribution in [0.25, 0.3) is 0 Å². The lowest BCUT2D eigenvalue weighted by Gasteiger charge is -2.38. The van der Waals surface area contributed by atoms with Gasteiger partial charge in [-0.25, -0.2) is 14.6 Å². The van der Waals surface area contributed by atoms with Crippen molar-refractivity contribution in [3.63, 3.8) is 0 Å². The molecule has 1 aromatic carbocycles. The normalized spacial score (nSPS) is 20.0. The SMILES string of the molecule is C=CC1CN(C2=NC=C(OC(=O)O)C(N)N2c2c(C(=O)NCC(C)C)cccc2C(F)(F)F)C(=O)N1. The molecule has 36 heavy (non-hydrogen) atoms. The lowest BCUT2D eigenvalue weighted by molar-refractivity contribution is -0.137. The van der Waals surface area contributed by atoms with Crippen LogP contribution in [0.3, 0.4) is 0 Å². The fourth-order valence-electron chi connectivity index (χ4n) is 3.61. The highest BCUT2D eigenvalue weighted by atomic mass is 19.4. The molecule has 3 amide bonds. The Bertz CT molecular complexity index is 1130. The molecule has 194 valence electrons. The first-order valence-corrected chi connectivity index (χ1v) is 10.8. The van der Waals surface area contributed by atoms with Gasteiger partial charge in [-0.3, -0.25) is 14.6 Å². The molecule has 0 radical (unpaired) electrons. The highest BCUT2D eigenvalue weighted by molar-refractivity contribution is 6.12. The number of nitrogens with two attached hydrogens (primary N) is 1. The predicted octanol–water partition coefficient (Wildman–Crippen LogP) is 2.67. The van der Waals surface area contributed by atoms with Gasteiger partial charge >= 0.3 is 18.4 Å². The number of anilines is 1. The van der Waals surface area contributed by atoms with Crippen LogP contribution in [0, 0.1) is 5.92 Å². The summed E-state index contributed by atoms with van der Waals surface area (Å²) in [5, 5.41) is 14.2. The van der Waals surface area contributed by atoms with Crippen LogP contribution >= 0.6 is 0 Å². The fourth-order valence-corrected chi connectivity index (χ4v) is 3.61. The topological polar surface area (TPSA) is 150 Å². The van der Waals surface area contributed by atoms with Crippen molar-refractivity contribution >= 4 is 29.7 Å². The summed E-state index contributed by atoms with van der Waals surface area (Å²) in [5.41, 5.74) is 3.81. The minimum atomic E-state index is -4.96. The van der Waals surface area contributed by atoms with Gasteiger partial charge in [-0.1, -0.05) is 26.0 Å². The highest BCUT2D eigenvalue weighted by Gasteiger charge is 2.44. The number of nitrogens with one attached hydrogen (secondary N) is 2. The molecule has 2 aliphatic heterocycles. The Kier molecular flexibility index (Phi) is 7.57. The second-order valence-electron chi connectivity index (χ2n) is 8.35. The van der Waals surface area contributed by atoms with Gasteiger partial charge in [0.2, 0.25) is 5.96 Å². The van der Waals surface area contributed by atoms with E-state index in [1.807, 2.05) is 0 Å². The maximum Gasteiger partial charge on any atom is 0.511 e. The number of hydrogen-bond acceptors (Lipinski definition) is 7. The molecule has 2 heterocycles. The third kappa shape index (κ3) is 5.43. The Balaban J connectivity index is 2.24. The molecule has 0 spiro atoms. The van der Waals surface area contributed by atoms with Crippen LogP contribution in [0.5, 0.6) is 0 Å². The van der Waals surface area contributed by atoms with E-state index in [9.17, 15) is 27.6 Å². The Labute approximate surface area is 204 Å². The van der Waals surface area contributed by atoms with E-state index in [1.165, 1.54) is 6.08 Å². The van der Waals surface area contributed by atoms with E-state index in [0.717, 1.165) is 34.2 Å². The summed E-state index contributed by atoms with van der Waals surface area (Å²) in [6.07, 6.45) is -6.10. The second-order valence-corrected chi connectivity index (χ2v) is 8.35. The predicted molar refractivity (Wildman–Crippen MR) is 123 cm³/mol. The molecule has 1 aromatic rings. The first kappa shape index (κ1) is 26.5. The molecule has 3 rings (SSSR count). The number of alkyl halides is 3. The van der Waals surface area contributed by atoms with Crippen LogP contribution in [-0.4, -0.2) is 59.4 Å². The summed E-state index contributed by atoms with van der Waals surface area (Å²) in [6.45, 7) is 7.32. The maximum absolute atomic E-state index is 14.2. The van der Waals surface area contributed by atoms with Crippen molar-refractivity contribution in [3.8, 4) is 0 Å². The van der Waals surface area contributed by atoms with Crippen molar-refractivity contribution in [1.82, 2.24) is 15.5 Å². The smallest absolute Gasteiger partial charge is 0.449 e. The molecule has 5 N–H and O–H groups in total. The summed E-state index contributed by atoms with van der Waals surface area (Å²) < 4.78 is 47.2. The van der Waals surface area contributed by atoms with Crippen molar-refractivity contribution < 1.29 is 37.4 Å². The van der Waals surface area contributed by atoms with Crippen molar-refractivity contribution in [2.45, 2.75) is 32.2 Å². The molecule has 14 heteroatoms. The number of halogens is 3. The number of hydrogen-bond donors (Lipinski definition) is 4. The van der Waals surface area contributed by atoms with Gasteiger partial charge in [0.05, 0.1) is 35.6 Å². The Morgan fingerprint density at radius 2 is 2.11 bits per heavy atom. The van der Waals surface area contributed by atoms with E-state index in [1.54, 1.807) is 13.8 Å². The summed E-state index contributed by atoms with van der Waals surface area (Å²) in [5.74, 6) is -1.71. The summed E-state index contributed by atoms with van der Waals surface area (Å²) in [7, 11) is 0. The third-order valence-corrected chi connectivity index (χ3v) is 5.25. The number of nitrogens with zero attached hydrogens (tertiary/aromatic N) is 3. The molecule has 0 aliphatic carbocycles. The van der Waals surface area contributed by atoms with Crippen molar-refractivity contribution in [3.05, 3.63) is 53.9 Å². The van der Waals surface area contributed by atoms with Crippen molar-refractivity contribution in [2.24, 2.45) is 16.6 Å². The van der Waals surface area contributed by atoms with Gasteiger partial charge in [0.15, 0.2) is 5.76 Å². The van der Waals surface area contributed by atoms with E-state index < -0.39 is 59.1 Å². The van der Waals surface area contributed by atoms with Crippen LogP contribution in [-0.2, 0) is 10.9 Å². The molecule has 2 aliphatic rings. The zero-order valence-electron chi connectivity index (χ0n) is 19.4. The molecule has 1 saturated heterocycles. The number of carbonyl (C=O) groups is 3. The van der Waals surface area contributed by atoms with Crippen LogP contribution < -0.4 is 21.3 Å². The van der Waals surface area contributed by atoms with Gasteiger partial charge in [-0.2, -0.15) is 13.2 Å². The monoisotopic (exact) mass is 510 g/mol. The lowest BCUT2D eigenvalue weighted by atomic mass is 10.0. The van der Waals surface area contributed by atoms with Gasteiger partial charge in [0.1, 0.15) is 6.17 Å². The van der Waals surface area contributed by atoms with Gasteiger partial charge in [-0.15, -0.1) is 6.58 Å². The number of urea groups is 1. The van der Waals surface area contributed by atoms with Gasteiger partial charge in [-0.05, 0) is 18.1 Å². The number of para-hydroxylation sites is 1. The number of carbonyl (C=O) groups excluding carboxylic acids is 2. The molecule has 1 fully saturated rings. The number of carboxylic acid groups (broad SMARTS) is 1. The van der Waals surface area contributed by atoms with Crippen LogP contribution in [0.1, 0.15) is 29.8 Å². The molecule has 2 atom stereocenters. The third-order valence-electron chi connectivity index (χ3n) is 5.25. The molecule has 0 bridgehead atoms. The summed E-state index contributed by atoms with van der Waals surface area (Å²) in [6, 6.07) is 1.71. The largest absolute Gasteiger partial charge is 0.511 e. The Morgan fingerprint density at radius 3 is 2.67 bits per heavy atom. The van der Waals surface area contributed by atoms with Crippen LogP contribution in [0.4, 0.5) is 28.4 Å². The van der Waals surface area contributed by atoms with Gasteiger partial charge in [0.25, 0.3) is 5.91 Å². The first-order valence-electron chi connectivity index (χ1n) is 10.8. The number of guanidine groups is 1. The summed E-state index contributed by atoms with van der Waals surface area (Å²) in [4.78, 5) is 42.6. The number of amides is 3. The van der Waals surface area contributed by atoms with E-state index in [-0.39, 0.29) is 25.0 Å². The number of ether oxygens (including phenoxy) is 1. The first-order chi connectivity index (χ1) is 16.8. The average Bonchev–Trinajstić information content (AvgIpc) is 3.17. The highest BCUT2D eigenvalue weighted by Crippen LogP contribution is 2.41.